The molecule has 35 heavy (non-hydrogen) atoms. The summed E-state index contributed by atoms with van der Waals surface area (Å²) in [5, 5.41) is 36.1. The lowest BCUT2D eigenvalue weighted by molar-refractivity contribution is -0.384. The molecule has 0 saturated heterocycles. The molecule has 0 spiro atoms. The van der Waals surface area contributed by atoms with Gasteiger partial charge >= 0.3 is 5.97 Å². The Morgan fingerprint density at radius 3 is 2.34 bits per heavy atom. The third-order valence-electron chi connectivity index (χ3n) is 5.11. The number of aromatic hydroxyl groups is 1. The number of amides is 1. The monoisotopic (exact) mass is 484 g/mol. The first kappa shape index (κ1) is 25.0. The molecule has 0 saturated carbocycles. The Morgan fingerprint density at radius 2 is 1.80 bits per heavy atom. The van der Waals surface area contributed by atoms with Crippen LogP contribution in [0.4, 0.5) is 10.1 Å². The van der Waals surface area contributed by atoms with Crippen LogP contribution in [-0.4, -0.2) is 43.3 Å². The van der Waals surface area contributed by atoms with Gasteiger partial charge in [0.05, 0.1) is 11.5 Å². The number of rotatable bonds is 8. The van der Waals surface area contributed by atoms with E-state index in [2.05, 4.69) is 5.10 Å². The van der Waals surface area contributed by atoms with E-state index in [4.69, 9.17) is 5.11 Å². The molecule has 0 fully saturated rings. The standard InChI is InChI=1S/C23H21FN4O7/c1-12(2)20-21(31)19(22(32)25-10-18(29)30)23(33)27(26-20)11-15-4-3-14(9-17(15)24)13-5-7-16(8-6-13)28(34)35/h3-9,12,31H,10-11H2,1-2H3,(H,25,32)(H,29,30). The van der Waals surface area contributed by atoms with Crippen LogP contribution in [0, 0.1) is 15.9 Å². The molecular weight excluding hydrogens is 463 g/mol. The Bertz CT molecular complexity index is 1370. The molecule has 0 bridgehead atoms. The van der Waals surface area contributed by atoms with Gasteiger partial charge in [-0.25, -0.2) is 9.07 Å². The quantitative estimate of drug-likeness (QED) is 0.324. The van der Waals surface area contributed by atoms with Crippen molar-refractivity contribution in [2.75, 3.05) is 6.54 Å². The fourth-order valence-electron chi connectivity index (χ4n) is 3.32. The van der Waals surface area contributed by atoms with Crippen LogP contribution in [0.2, 0.25) is 0 Å². The van der Waals surface area contributed by atoms with E-state index in [9.17, 15) is 34.0 Å². The Labute approximate surface area is 197 Å². The van der Waals surface area contributed by atoms with Crippen LogP contribution in [0.1, 0.15) is 41.4 Å². The second-order valence-electron chi connectivity index (χ2n) is 7.91. The SMILES string of the molecule is CC(C)c1nn(Cc2ccc(-c3ccc([N+](=O)[O-])cc3)cc2F)c(=O)c(C(=O)NCC(=O)O)c1O. The molecule has 2 aromatic carbocycles. The van der Waals surface area contributed by atoms with Crippen molar-refractivity contribution in [1.29, 1.82) is 0 Å². The van der Waals surface area contributed by atoms with Gasteiger partial charge in [0, 0.05) is 23.6 Å². The van der Waals surface area contributed by atoms with Gasteiger partial charge in [0.2, 0.25) is 0 Å². The Balaban J connectivity index is 1.98. The number of nitrogens with one attached hydrogen (secondary N) is 1. The van der Waals surface area contributed by atoms with Crippen LogP contribution in [0.5, 0.6) is 5.75 Å². The van der Waals surface area contributed by atoms with Crippen molar-refractivity contribution in [2.45, 2.75) is 26.3 Å². The van der Waals surface area contributed by atoms with E-state index in [-0.39, 0.29) is 23.5 Å². The largest absolute Gasteiger partial charge is 0.505 e. The van der Waals surface area contributed by atoms with E-state index in [0.29, 0.717) is 11.1 Å². The van der Waals surface area contributed by atoms with Crippen LogP contribution in [0.15, 0.2) is 47.3 Å². The van der Waals surface area contributed by atoms with Gasteiger partial charge in [0.15, 0.2) is 5.75 Å². The molecule has 11 nitrogen and oxygen atoms in total. The normalized spacial score (nSPS) is 10.9. The number of hydrogen-bond acceptors (Lipinski definition) is 7. The summed E-state index contributed by atoms with van der Waals surface area (Å²) in [6.45, 7) is 2.19. The number of nitro benzene ring substituents is 1. The lowest BCUT2D eigenvalue weighted by Gasteiger charge is -2.15. The maximum Gasteiger partial charge on any atom is 0.322 e. The molecule has 1 aromatic heterocycles. The molecule has 0 aliphatic carbocycles. The van der Waals surface area contributed by atoms with Crippen LogP contribution < -0.4 is 10.9 Å². The van der Waals surface area contributed by atoms with Crippen molar-refractivity contribution in [3.8, 4) is 16.9 Å². The highest BCUT2D eigenvalue weighted by Crippen LogP contribution is 2.26. The maximum atomic E-state index is 14.9. The van der Waals surface area contributed by atoms with Crippen molar-refractivity contribution in [3.63, 3.8) is 0 Å². The minimum Gasteiger partial charge on any atom is -0.505 e. The van der Waals surface area contributed by atoms with E-state index in [1.165, 1.54) is 36.4 Å². The number of halogens is 1. The lowest BCUT2D eigenvalue weighted by atomic mass is 10.0. The molecule has 0 radical (unpaired) electrons. The van der Waals surface area contributed by atoms with Crippen molar-refractivity contribution in [1.82, 2.24) is 15.1 Å². The summed E-state index contributed by atoms with van der Waals surface area (Å²) < 4.78 is 15.8. The maximum absolute atomic E-state index is 14.9. The third-order valence-corrected chi connectivity index (χ3v) is 5.11. The Hall–Kier alpha value is -4.61. The zero-order valence-electron chi connectivity index (χ0n) is 18.7. The number of carbonyl (C=O) groups excluding carboxylic acids is 1. The van der Waals surface area contributed by atoms with Gasteiger partial charge in [0.1, 0.15) is 23.6 Å². The fraction of sp³-hybridized carbons (Fsp3) is 0.217. The van der Waals surface area contributed by atoms with Crippen molar-refractivity contribution >= 4 is 17.6 Å². The number of aliphatic carboxylic acids is 1. The average molecular weight is 484 g/mol. The number of non-ortho nitro benzene ring substituents is 1. The highest BCUT2D eigenvalue weighted by molar-refractivity contribution is 5.98. The highest BCUT2D eigenvalue weighted by Gasteiger charge is 2.25. The minimum atomic E-state index is -1.34. The molecule has 3 rings (SSSR count). The lowest BCUT2D eigenvalue weighted by Crippen LogP contribution is -2.37. The number of carbonyl (C=O) groups is 2. The summed E-state index contributed by atoms with van der Waals surface area (Å²) in [5.74, 6) is -4.21. The molecule has 0 aliphatic rings. The predicted molar refractivity (Wildman–Crippen MR) is 122 cm³/mol. The predicted octanol–water partition coefficient (Wildman–Crippen LogP) is 2.65. The second kappa shape index (κ2) is 10.1. The molecule has 1 heterocycles. The van der Waals surface area contributed by atoms with Gasteiger partial charge in [-0.05, 0) is 29.3 Å². The zero-order chi connectivity index (χ0) is 25.9. The van der Waals surface area contributed by atoms with E-state index < -0.39 is 52.0 Å². The van der Waals surface area contributed by atoms with Gasteiger partial charge < -0.3 is 15.5 Å². The number of nitrogens with zero attached hydrogens (tertiary/aromatic N) is 3. The first-order chi connectivity index (χ1) is 16.5. The number of hydrogen-bond donors (Lipinski definition) is 3. The Kier molecular flexibility index (Phi) is 7.23. The summed E-state index contributed by atoms with van der Waals surface area (Å²) in [7, 11) is 0. The summed E-state index contributed by atoms with van der Waals surface area (Å²) in [5.41, 5.74) is -0.756. The van der Waals surface area contributed by atoms with Crippen molar-refractivity contribution in [3.05, 3.63) is 85.6 Å². The van der Waals surface area contributed by atoms with Gasteiger partial charge in [-0.15, -0.1) is 0 Å². The first-order valence-corrected chi connectivity index (χ1v) is 10.4. The summed E-state index contributed by atoms with van der Waals surface area (Å²) in [6.07, 6.45) is 0. The molecule has 12 heteroatoms. The molecule has 1 amide bonds. The number of carboxylic acids is 1. The van der Waals surface area contributed by atoms with Gasteiger partial charge in [0.25, 0.3) is 17.2 Å². The molecular formula is C23H21FN4O7. The van der Waals surface area contributed by atoms with E-state index in [1.807, 2.05) is 5.32 Å². The van der Waals surface area contributed by atoms with E-state index in [0.717, 1.165) is 4.68 Å². The number of benzene rings is 2. The minimum absolute atomic E-state index is 0.00739. The second-order valence-corrected chi connectivity index (χ2v) is 7.91. The number of nitro groups is 1. The zero-order valence-corrected chi connectivity index (χ0v) is 18.7. The van der Waals surface area contributed by atoms with Crippen LogP contribution in [-0.2, 0) is 11.3 Å². The average Bonchev–Trinajstić information content (AvgIpc) is 2.80. The van der Waals surface area contributed by atoms with Gasteiger partial charge in [-0.2, -0.15) is 5.10 Å². The summed E-state index contributed by atoms with van der Waals surface area (Å²) in [6, 6.07) is 9.73. The number of aromatic nitrogens is 2. The van der Waals surface area contributed by atoms with Crippen molar-refractivity contribution in [2.24, 2.45) is 0 Å². The fourth-order valence-corrected chi connectivity index (χ4v) is 3.32. The summed E-state index contributed by atoms with van der Waals surface area (Å²) in [4.78, 5) is 46.3. The van der Waals surface area contributed by atoms with E-state index >= 15 is 0 Å². The first-order valence-electron chi connectivity index (χ1n) is 10.4. The topological polar surface area (TPSA) is 165 Å². The smallest absolute Gasteiger partial charge is 0.322 e. The van der Waals surface area contributed by atoms with Gasteiger partial charge in [-0.1, -0.05) is 26.0 Å². The molecule has 0 aliphatic heterocycles. The van der Waals surface area contributed by atoms with Gasteiger partial charge in [-0.3, -0.25) is 24.5 Å². The highest BCUT2D eigenvalue weighted by atomic mass is 19.1. The molecule has 0 atom stereocenters. The molecule has 3 N–H and O–H groups in total. The van der Waals surface area contributed by atoms with Crippen LogP contribution in [0.25, 0.3) is 11.1 Å². The third kappa shape index (κ3) is 5.49. The van der Waals surface area contributed by atoms with E-state index in [1.54, 1.807) is 19.9 Å². The summed E-state index contributed by atoms with van der Waals surface area (Å²) >= 11 is 0. The van der Waals surface area contributed by atoms with Crippen molar-refractivity contribution < 1.29 is 29.1 Å². The van der Waals surface area contributed by atoms with Crippen LogP contribution >= 0.6 is 0 Å². The number of carboxylic acid groups (broad SMARTS) is 1. The Morgan fingerprint density at radius 1 is 1.17 bits per heavy atom. The van der Waals surface area contributed by atoms with Crippen LogP contribution in [0.3, 0.4) is 0 Å². The molecule has 182 valence electrons. The molecule has 3 aromatic rings. The molecule has 0 unspecified atom stereocenters.